The molecule has 2 rings (SSSR count). The van der Waals surface area contributed by atoms with Crippen molar-refractivity contribution in [3.8, 4) is 5.75 Å². The van der Waals surface area contributed by atoms with Crippen LogP contribution in [0.25, 0.3) is 0 Å². The van der Waals surface area contributed by atoms with Gasteiger partial charge in [-0.25, -0.2) is 4.98 Å². The zero-order valence-electron chi connectivity index (χ0n) is 15.6. The first-order chi connectivity index (χ1) is 12.4. The molecule has 0 unspecified atom stereocenters. The minimum absolute atomic E-state index is 0. The summed E-state index contributed by atoms with van der Waals surface area (Å²) in [5.41, 5.74) is 1.90. The van der Waals surface area contributed by atoms with Crippen LogP contribution in [0.1, 0.15) is 11.3 Å². The smallest absolute Gasteiger partial charge is 0.387 e. The molecule has 0 saturated carbocycles. The van der Waals surface area contributed by atoms with Crippen LogP contribution in [0.5, 0.6) is 5.75 Å². The van der Waals surface area contributed by atoms with Crippen LogP contribution in [0.3, 0.4) is 0 Å². The van der Waals surface area contributed by atoms with Gasteiger partial charge in [0, 0.05) is 40.1 Å². The van der Waals surface area contributed by atoms with Gasteiger partial charge in [-0.3, -0.25) is 4.99 Å². The summed E-state index contributed by atoms with van der Waals surface area (Å²) in [6.07, 6.45) is 0. The zero-order chi connectivity index (χ0) is 19.1. The SMILES string of the molecule is CN=C(NCc1csc(N(C)C)n1)N(C)Cc1ccc(OC(F)F)cc1.I. The molecule has 0 atom stereocenters. The van der Waals surface area contributed by atoms with Crippen molar-refractivity contribution >= 4 is 46.4 Å². The Kier molecular flexibility index (Phi) is 9.70. The van der Waals surface area contributed by atoms with Crippen LogP contribution in [-0.4, -0.2) is 50.6 Å². The highest BCUT2D eigenvalue weighted by Crippen LogP contribution is 2.18. The third-order valence-corrected chi connectivity index (χ3v) is 4.55. The number of halogens is 3. The minimum atomic E-state index is -2.81. The molecule has 1 aromatic carbocycles. The topological polar surface area (TPSA) is 53.0 Å². The van der Waals surface area contributed by atoms with Gasteiger partial charge in [0.2, 0.25) is 0 Å². The molecule has 10 heteroatoms. The lowest BCUT2D eigenvalue weighted by Gasteiger charge is -2.22. The molecule has 0 aliphatic rings. The number of ether oxygens (including phenoxy) is 1. The van der Waals surface area contributed by atoms with E-state index in [1.165, 1.54) is 12.1 Å². The zero-order valence-corrected chi connectivity index (χ0v) is 18.8. The molecule has 2 aromatic rings. The Morgan fingerprint density at radius 2 is 1.93 bits per heavy atom. The minimum Gasteiger partial charge on any atom is -0.435 e. The molecule has 0 amide bonds. The van der Waals surface area contributed by atoms with Crippen LogP contribution in [0.4, 0.5) is 13.9 Å². The molecule has 6 nitrogen and oxygen atoms in total. The number of hydrogen-bond donors (Lipinski definition) is 1. The highest BCUT2D eigenvalue weighted by atomic mass is 127. The lowest BCUT2D eigenvalue weighted by Crippen LogP contribution is -2.38. The van der Waals surface area contributed by atoms with Crippen molar-refractivity contribution in [3.63, 3.8) is 0 Å². The van der Waals surface area contributed by atoms with E-state index in [9.17, 15) is 8.78 Å². The summed E-state index contributed by atoms with van der Waals surface area (Å²) < 4.78 is 28.7. The predicted molar refractivity (Wildman–Crippen MR) is 117 cm³/mol. The quantitative estimate of drug-likeness (QED) is 0.350. The maximum absolute atomic E-state index is 12.2. The standard InChI is InChI=1S/C17H23F2N5OS.HI/c1-20-16(21-9-13-11-26-17(22-13)23(2)3)24(4)10-12-5-7-14(8-6-12)25-15(18)19;/h5-8,11,15H,9-10H2,1-4H3,(H,20,21);1H. The van der Waals surface area contributed by atoms with Crippen LogP contribution in [-0.2, 0) is 13.1 Å². The number of aromatic nitrogens is 1. The maximum atomic E-state index is 12.2. The second-order valence-electron chi connectivity index (χ2n) is 5.80. The predicted octanol–water partition coefficient (Wildman–Crippen LogP) is 3.64. The van der Waals surface area contributed by atoms with Crippen LogP contribution >= 0.6 is 35.3 Å². The number of hydrogen-bond acceptors (Lipinski definition) is 5. The number of anilines is 1. The van der Waals surface area contributed by atoms with Crippen molar-refractivity contribution in [2.24, 2.45) is 4.99 Å². The second-order valence-corrected chi connectivity index (χ2v) is 6.63. The van der Waals surface area contributed by atoms with Gasteiger partial charge in [-0.05, 0) is 17.7 Å². The molecule has 0 spiro atoms. The van der Waals surface area contributed by atoms with E-state index in [0.717, 1.165) is 22.3 Å². The van der Waals surface area contributed by atoms with Gasteiger partial charge in [-0.2, -0.15) is 8.78 Å². The lowest BCUT2D eigenvalue weighted by molar-refractivity contribution is -0.0498. The Bertz CT molecular complexity index is 724. The molecule has 27 heavy (non-hydrogen) atoms. The summed E-state index contributed by atoms with van der Waals surface area (Å²) in [5, 5.41) is 6.24. The highest BCUT2D eigenvalue weighted by molar-refractivity contribution is 14.0. The van der Waals surface area contributed by atoms with E-state index in [4.69, 9.17) is 0 Å². The van der Waals surface area contributed by atoms with Crippen LogP contribution in [0.2, 0.25) is 0 Å². The van der Waals surface area contributed by atoms with E-state index in [2.05, 4.69) is 20.0 Å². The molecule has 1 N–H and O–H groups in total. The first kappa shape index (κ1) is 23.3. The fourth-order valence-electron chi connectivity index (χ4n) is 2.26. The summed E-state index contributed by atoms with van der Waals surface area (Å²) in [6, 6.07) is 6.57. The van der Waals surface area contributed by atoms with Gasteiger partial charge in [0.15, 0.2) is 11.1 Å². The molecule has 0 bridgehead atoms. The maximum Gasteiger partial charge on any atom is 0.387 e. The molecular weight excluding hydrogens is 487 g/mol. The Morgan fingerprint density at radius 3 is 2.44 bits per heavy atom. The number of rotatable bonds is 7. The van der Waals surface area contributed by atoms with Gasteiger partial charge < -0.3 is 19.9 Å². The molecule has 150 valence electrons. The molecule has 0 fully saturated rings. The van der Waals surface area contributed by atoms with Gasteiger partial charge in [0.1, 0.15) is 5.75 Å². The van der Waals surface area contributed by atoms with Crippen molar-refractivity contribution in [3.05, 3.63) is 40.9 Å². The number of thiazole rings is 1. The van der Waals surface area contributed by atoms with Crippen LogP contribution in [0, 0.1) is 0 Å². The van der Waals surface area contributed by atoms with Crippen molar-refractivity contribution in [2.45, 2.75) is 19.7 Å². The first-order valence-corrected chi connectivity index (χ1v) is 8.84. The fraction of sp³-hybridized carbons (Fsp3) is 0.412. The number of alkyl halides is 2. The fourth-order valence-corrected chi connectivity index (χ4v) is 3.02. The Morgan fingerprint density at radius 1 is 1.26 bits per heavy atom. The summed E-state index contributed by atoms with van der Waals surface area (Å²) in [4.78, 5) is 12.7. The monoisotopic (exact) mass is 511 g/mol. The van der Waals surface area contributed by atoms with Gasteiger partial charge >= 0.3 is 6.61 Å². The molecule has 1 heterocycles. The van der Waals surface area contributed by atoms with Crippen LogP contribution in [0.15, 0.2) is 34.6 Å². The van der Waals surface area contributed by atoms with Gasteiger partial charge in [-0.1, -0.05) is 12.1 Å². The normalized spacial score (nSPS) is 11.1. The summed E-state index contributed by atoms with van der Waals surface area (Å²) in [7, 11) is 7.54. The number of nitrogens with one attached hydrogen (secondary N) is 1. The Labute approximate surface area is 179 Å². The first-order valence-electron chi connectivity index (χ1n) is 7.96. The highest BCUT2D eigenvalue weighted by Gasteiger charge is 2.10. The van der Waals surface area contributed by atoms with E-state index in [0.29, 0.717) is 13.1 Å². The molecule has 1 aromatic heterocycles. The van der Waals surface area contributed by atoms with Crippen molar-refractivity contribution < 1.29 is 13.5 Å². The van der Waals surface area contributed by atoms with E-state index in [1.807, 2.05) is 36.3 Å². The molecule has 0 aliphatic carbocycles. The van der Waals surface area contributed by atoms with E-state index in [-0.39, 0.29) is 29.7 Å². The average molecular weight is 511 g/mol. The average Bonchev–Trinajstić information content (AvgIpc) is 3.06. The molecule has 0 radical (unpaired) electrons. The number of aliphatic imine (C=N–C) groups is 1. The number of nitrogens with zero attached hydrogens (tertiary/aromatic N) is 4. The third kappa shape index (κ3) is 7.45. The molecule has 0 saturated heterocycles. The van der Waals surface area contributed by atoms with Crippen molar-refractivity contribution in [1.29, 1.82) is 0 Å². The van der Waals surface area contributed by atoms with Crippen molar-refractivity contribution in [2.75, 3.05) is 33.1 Å². The molecule has 0 aliphatic heterocycles. The Balaban J connectivity index is 0.00000364. The lowest BCUT2D eigenvalue weighted by atomic mass is 10.2. The number of benzene rings is 1. The van der Waals surface area contributed by atoms with E-state index in [1.54, 1.807) is 30.5 Å². The summed E-state index contributed by atoms with van der Waals surface area (Å²) >= 11 is 1.59. The van der Waals surface area contributed by atoms with Crippen molar-refractivity contribution in [1.82, 2.24) is 15.2 Å². The van der Waals surface area contributed by atoms with Crippen LogP contribution < -0.4 is 15.0 Å². The Hall–Kier alpha value is -1.69. The molecular formula is C17H24F2IN5OS. The van der Waals surface area contributed by atoms with E-state index >= 15 is 0 Å². The van der Waals surface area contributed by atoms with Gasteiger partial charge in [0.25, 0.3) is 0 Å². The third-order valence-electron chi connectivity index (χ3n) is 3.49. The number of guanidine groups is 1. The second kappa shape index (κ2) is 11.2. The van der Waals surface area contributed by atoms with Gasteiger partial charge in [0.05, 0.1) is 12.2 Å². The van der Waals surface area contributed by atoms with E-state index < -0.39 is 6.61 Å². The summed E-state index contributed by atoms with van der Waals surface area (Å²) in [6.45, 7) is -1.66. The summed E-state index contributed by atoms with van der Waals surface area (Å²) in [5.74, 6) is 0.867. The largest absolute Gasteiger partial charge is 0.435 e. The van der Waals surface area contributed by atoms with Gasteiger partial charge in [-0.15, -0.1) is 35.3 Å².